The molecule has 0 bridgehead atoms. The normalized spacial score (nSPS) is 12.9. The minimum absolute atomic E-state index is 0.223. The first-order valence-electron chi connectivity index (χ1n) is 8.30. The van der Waals surface area contributed by atoms with Crippen LogP contribution in [-0.2, 0) is 6.18 Å². The van der Waals surface area contributed by atoms with E-state index < -0.39 is 17.8 Å². The number of rotatable bonds is 4. The monoisotopic (exact) mass is 464 g/mol. The number of alkyl halides is 3. The molecule has 0 saturated heterocycles. The molecule has 29 heavy (non-hydrogen) atoms. The van der Waals surface area contributed by atoms with Gasteiger partial charge in [-0.3, -0.25) is 4.98 Å². The highest BCUT2D eigenvalue weighted by atomic mass is 79.9. The van der Waals surface area contributed by atoms with Gasteiger partial charge in [-0.1, -0.05) is 0 Å². The summed E-state index contributed by atoms with van der Waals surface area (Å²) in [7, 11) is 0. The zero-order valence-electron chi connectivity index (χ0n) is 14.8. The molecule has 4 rings (SSSR count). The molecular weight excluding hydrogens is 453 g/mol. The van der Waals surface area contributed by atoms with Crippen LogP contribution in [0.2, 0.25) is 0 Å². The molecule has 0 fully saturated rings. The lowest BCUT2D eigenvalue weighted by Crippen LogP contribution is -2.16. The smallest absolute Gasteiger partial charge is 0.361 e. The maximum absolute atomic E-state index is 13.2. The summed E-state index contributed by atoms with van der Waals surface area (Å²) >= 11 is 3.16. The first kappa shape index (κ1) is 19.2. The topological polar surface area (TPSA) is 94.3 Å². The predicted octanol–water partition coefficient (Wildman–Crippen LogP) is 3.95. The van der Waals surface area contributed by atoms with Crippen molar-refractivity contribution in [2.45, 2.75) is 19.1 Å². The second-order valence-corrected chi connectivity index (χ2v) is 6.88. The lowest BCUT2D eigenvalue weighted by Gasteiger charge is -2.18. The third-order valence-electron chi connectivity index (χ3n) is 4.10. The van der Waals surface area contributed by atoms with Crippen molar-refractivity contribution in [3.63, 3.8) is 0 Å². The van der Waals surface area contributed by atoms with Crippen LogP contribution in [0, 0.1) is 0 Å². The molecule has 0 spiro atoms. The lowest BCUT2D eigenvalue weighted by molar-refractivity contribution is -0.137. The second-order valence-electron chi connectivity index (χ2n) is 6.02. The van der Waals surface area contributed by atoms with Crippen LogP contribution in [0.3, 0.4) is 0 Å². The summed E-state index contributed by atoms with van der Waals surface area (Å²) in [6, 6.07) is 1.55. The van der Waals surface area contributed by atoms with Gasteiger partial charge in [0.05, 0.1) is 29.5 Å². The van der Waals surface area contributed by atoms with E-state index in [0.29, 0.717) is 17.0 Å². The molecule has 3 heterocycles. The molecule has 4 aromatic rings. The van der Waals surface area contributed by atoms with Gasteiger partial charge in [0, 0.05) is 22.3 Å². The summed E-state index contributed by atoms with van der Waals surface area (Å²) in [6.07, 6.45) is 2.80. The zero-order valence-corrected chi connectivity index (χ0v) is 16.3. The molecular formula is C17H12BrF3N8. The molecule has 0 radical (unpaired) electrons. The number of nitrogens with one attached hydrogen (secondary N) is 1. The van der Waals surface area contributed by atoms with Crippen LogP contribution >= 0.6 is 15.9 Å². The Morgan fingerprint density at radius 3 is 2.45 bits per heavy atom. The number of benzene rings is 1. The van der Waals surface area contributed by atoms with Crippen molar-refractivity contribution >= 4 is 32.7 Å². The minimum Gasteiger partial charge on any atom is -0.361 e. The molecule has 12 heteroatoms. The van der Waals surface area contributed by atoms with Crippen LogP contribution in [0.4, 0.5) is 19.0 Å². The van der Waals surface area contributed by atoms with Crippen LogP contribution < -0.4 is 5.32 Å². The second kappa shape index (κ2) is 7.35. The van der Waals surface area contributed by atoms with E-state index in [1.807, 2.05) is 0 Å². The Morgan fingerprint density at radius 1 is 1.00 bits per heavy atom. The first-order chi connectivity index (χ1) is 13.8. The number of hydrogen-bond donors (Lipinski definition) is 1. The van der Waals surface area contributed by atoms with E-state index >= 15 is 0 Å². The van der Waals surface area contributed by atoms with E-state index in [1.165, 1.54) is 35.9 Å². The first-order valence-corrected chi connectivity index (χ1v) is 9.09. The molecule has 3 aromatic heterocycles. The van der Waals surface area contributed by atoms with Gasteiger partial charge in [0.15, 0.2) is 5.82 Å². The zero-order chi connectivity index (χ0) is 20.6. The molecule has 1 N–H and O–H groups in total. The third kappa shape index (κ3) is 3.75. The highest BCUT2D eigenvalue weighted by Gasteiger charge is 2.32. The fraction of sp³-hybridized carbons (Fsp3) is 0.176. The van der Waals surface area contributed by atoms with E-state index in [2.05, 4.69) is 51.4 Å². The van der Waals surface area contributed by atoms with Gasteiger partial charge in [-0.2, -0.15) is 23.4 Å². The molecule has 148 valence electrons. The van der Waals surface area contributed by atoms with Gasteiger partial charge in [-0.05, 0) is 35.0 Å². The molecule has 0 aliphatic carbocycles. The standard InChI is InChI=1S/C17H12BrF3N8/c1-9(13-16(23-3-2-22-13)29-26-4-5-27-29)28-15-11-6-10(17(19,20)21)7-12(18)14(11)24-8-25-15/h2-9H,1H3,(H,24,25,28). The Bertz CT molecular complexity index is 1160. The lowest BCUT2D eigenvalue weighted by atomic mass is 10.1. The Morgan fingerprint density at radius 2 is 1.72 bits per heavy atom. The molecule has 1 atom stereocenters. The number of nitrogens with zero attached hydrogens (tertiary/aromatic N) is 7. The van der Waals surface area contributed by atoms with Crippen molar-refractivity contribution < 1.29 is 13.2 Å². The quantitative estimate of drug-likeness (QED) is 0.488. The fourth-order valence-corrected chi connectivity index (χ4v) is 3.37. The van der Waals surface area contributed by atoms with Crippen molar-refractivity contribution in [1.82, 2.24) is 34.9 Å². The summed E-state index contributed by atoms with van der Waals surface area (Å²) in [5.74, 6) is 0.632. The SMILES string of the molecule is CC(Nc1ncnc2c(Br)cc(C(F)(F)F)cc12)c1nccnc1-n1nccn1. The third-order valence-corrected chi connectivity index (χ3v) is 4.70. The number of fused-ring (bicyclic) bond motifs is 1. The van der Waals surface area contributed by atoms with Gasteiger partial charge in [0.1, 0.15) is 17.8 Å². The molecule has 0 aliphatic heterocycles. The van der Waals surface area contributed by atoms with Gasteiger partial charge in [0.25, 0.3) is 0 Å². The average Bonchev–Trinajstić information content (AvgIpc) is 3.22. The van der Waals surface area contributed by atoms with E-state index in [-0.39, 0.29) is 15.7 Å². The van der Waals surface area contributed by atoms with Gasteiger partial charge in [-0.25, -0.2) is 15.0 Å². The van der Waals surface area contributed by atoms with Gasteiger partial charge >= 0.3 is 6.18 Å². The van der Waals surface area contributed by atoms with Crippen LogP contribution in [0.25, 0.3) is 16.7 Å². The van der Waals surface area contributed by atoms with Crippen LogP contribution in [-0.4, -0.2) is 34.9 Å². The predicted molar refractivity (Wildman–Crippen MR) is 101 cm³/mol. The Labute approximate surface area is 170 Å². The average molecular weight is 465 g/mol. The summed E-state index contributed by atoms with van der Waals surface area (Å²) < 4.78 is 40.0. The highest BCUT2D eigenvalue weighted by molar-refractivity contribution is 9.10. The fourth-order valence-electron chi connectivity index (χ4n) is 2.80. The summed E-state index contributed by atoms with van der Waals surface area (Å²) in [5, 5.41) is 11.4. The van der Waals surface area contributed by atoms with Crippen molar-refractivity contribution in [3.8, 4) is 5.82 Å². The van der Waals surface area contributed by atoms with E-state index in [1.54, 1.807) is 6.92 Å². The number of halogens is 4. The van der Waals surface area contributed by atoms with Gasteiger partial charge in [0.2, 0.25) is 0 Å². The Kier molecular flexibility index (Phi) is 4.86. The van der Waals surface area contributed by atoms with Crippen molar-refractivity contribution in [2.24, 2.45) is 0 Å². The molecule has 0 amide bonds. The van der Waals surface area contributed by atoms with Gasteiger partial charge in [-0.15, -0.1) is 4.80 Å². The van der Waals surface area contributed by atoms with Gasteiger partial charge < -0.3 is 5.32 Å². The van der Waals surface area contributed by atoms with Crippen LogP contribution in [0.15, 0.2) is 47.7 Å². The van der Waals surface area contributed by atoms with Crippen molar-refractivity contribution in [3.05, 3.63) is 59.0 Å². The van der Waals surface area contributed by atoms with Crippen LogP contribution in [0.1, 0.15) is 24.2 Å². The molecule has 1 unspecified atom stereocenters. The molecule has 1 aromatic carbocycles. The molecule has 0 aliphatic rings. The summed E-state index contributed by atoms with van der Waals surface area (Å²) in [6.45, 7) is 1.79. The summed E-state index contributed by atoms with van der Waals surface area (Å²) in [5.41, 5.74) is 0.0561. The van der Waals surface area contributed by atoms with E-state index in [0.717, 1.165) is 12.1 Å². The Balaban J connectivity index is 1.77. The minimum atomic E-state index is -4.50. The van der Waals surface area contributed by atoms with Crippen molar-refractivity contribution in [1.29, 1.82) is 0 Å². The van der Waals surface area contributed by atoms with E-state index in [4.69, 9.17) is 0 Å². The Hall–Kier alpha value is -3.15. The molecule has 0 saturated carbocycles. The number of anilines is 1. The van der Waals surface area contributed by atoms with Crippen molar-refractivity contribution in [2.75, 3.05) is 5.32 Å². The maximum Gasteiger partial charge on any atom is 0.416 e. The number of hydrogen-bond acceptors (Lipinski definition) is 7. The number of aromatic nitrogens is 7. The highest BCUT2D eigenvalue weighted by Crippen LogP contribution is 2.36. The molecule has 8 nitrogen and oxygen atoms in total. The summed E-state index contributed by atoms with van der Waals surface area (Å²) in [4.78, 5) is 18.1. The maximum atomic E-state index is 13.2. The van der Waals surface area contributed by atoms with E-state index in [9.17, 15) is 13.2 Å². The van der Waals surface area contributed by atoms with Crippen LogP contribution in [0.5, 0.6) is 0 Å². The largest absolute Gasteiger partial charge is 0.416 e.